The molecule has 0 amide bonds. The minimum Gasteiger partial charge on any atom is -0.316 e. The molecule has 1 spiro atoms. The second kappa shape index (κ2) is 6.05. The molecule has 3 fully saturated rings. The Morgan fingerprint density at radius 2 is 1.94 bits per heavy atom. The fourth-order valence-electron chi connectivity index (χ4n) is 3.76. The topological polar surface area (TPSA) is 24.1 Å². The van der Waals surface area contributed by atoms with E-state index in [-0.39, 0.29) is 24.8 Å². The molecule has 3 aliphatic rings. The Morgan fingerprint density at radius 1 is 1.12 bits per heavy atom. The van der Waals surface area contributed by atoms with Crippen molar-refractivity contribution in [3.05, 3.63) is 0 Å². The largest absolute Gasteiger partial charge is 0.316 e. The summed E-state index contributed by atoms with van der Waals surface area (Å²) in [5.41, 5.74) is 0.505. The third-order valence-electron chi connectivity index (χ3n) is 4.73. The Bertz CT molecular complexity index is 247. The van der Waals surface area contributed by atoms with Gasteiger partial charge >= 0.3 is 0 Å². The van der Waals surface area contributed by atoms with Crippen molar-refractivity contribution in [1.29, 1.82) is 0 Å². The van der Waals surface area contributed by atoms with Crippen LogP contribution in [0.2, 0.25) is 0 Å². The van der Waals surface area contributed by atoms with E-state index in [1.54, 1.807) is 0 Å². The maximum Gasteiger partial charge on any atom is 0.116 e. The van der Waals surface area contributed by atoms with E-state index in [9.17, 15) is 4.39 Å². The Hall–Kier alpha value is 0.430. The van der Waals surface area contributed by atoms with Crippen LogP contribution in [-0.4, -0.2) is 32.4 Å². The highest BCUT2D eigenvalue weighted by atomic mass is 35.5. The van der Waals surface area contributed by atoms with Gasteiger partial charge in [-0.1, -0.05) is 0 Å². The van der Waals surface area contributed by atoms with Crippen molar-refractivity contribution in [3.63, 3.8) is 0 Å². The van der Waals surface area contributed by atoms with E-state index in [1.165, 1.54) is 25.8 Å². The van der Waals surface area contributed by atoms with Crippen molar-refractivity contribution >= 4 is 24.8 Å². The SMILES string of the molecule is Cl.Cl.FC1CNCCC1C1CC12CCCNC2. The number of nitrogens with one attached hydrogen (secondary N) is 2. The predicted octanol–water partition coefficient (Wildman–Crippen LogP) is 2.17. The van der Waals surface area contributed by atoms with Gasteiger partial charge in [0.2, 0.25) is 0 Å². The van der Waals surface area contributed by atoms with Gasteiger partial charge in [0, 0.05) is 13.1 Å². The number of rotatable bonds is 1. The third kappa shape index (κ3) is 2.89. The molecule has 2 saturated heterocycles. The molecule has 5 heteroatoms. The number of halogens is 3. The van der Waals surface area contributed by atoms with Gasteiger partial charge in [0.25, 0.3) is 0 Å². The lowest BCUT2D eigenvalue weighted by molar-refractivity contribution is 0.138. The Morgan fingerprint density at radius 3 is 2.59 bits per heavy atom. The molecule has 0 bridgehead atoms. The fourth-order valence-corrected chi connectivity index (χ4v) is 3.76. The summed E-state index contributed by atoms with van der Waals surface area (Å²) in [5, 5.41) is 6.63. The summed E-state index contributed by atoms with van der Waals surface area (Å²) in [7, 11) is 0. The molecule has 0 aromatic carbocycles. The summed E-state index contributed by atoms with van der Waals surface area (Å²) < 4.78 is 13.8. The molecule has 1 aliphatic carbocycles. The minimum absolute atomic E-state index is 0. The van der Waals surface area contributed by atoms with Gasteiger partial charge < -0.3 is 10.6 Å². The zero-order valence-electron chi connectivity index (χ0n) is 10.1. The van der Waals surface area contributed by atoms with Crippen molar-refractivity contribution in [2.45, 2.75) is 31.9 Å². The number of alkyl halides is 1. The Kier molecular flexibility index (Phi) is 5.51. The van der Waals surface area contributed by atoms with Crippen LogP contribution in [0.25, 0.3) is 0 Å². The van der Waals surface area contributed by atoms with Crippen LogP contribution in [0.5, 0.6) is 0 Å². The van der Waals surface area contributed by atoms with Crippen molar-refractivity contribution in [3.8, 4) is 0 Å². The first kappa shape index (κ1) is 15.5. The molecule has 1 saturated carbocycles. The molecule has 0 aromatic rings. The summed E-state index contributed by atoms with van der Waals surface area (Å²) in [5.74, 6) is 1.04. The minimum atomic E-state index is -0.593. The molecular weight excluding hydrogens is 262 g/mol. The van der Waals surface area contributed by atoms with E-state index in [0.29, 0.717) is 23.8 Å². The lowest BCUT2D eigenvalue weighted by Crippen LogP contribution is -2.41. The maximum atomic E-state index is 13.8. The highest BCUT2D eigenvalue weighted by Gasteiger charge is 2.58. The van der Waals surface area contributed by atoms with Crippen LogP contribution in [0.4, 0.5) is 4.39 Å². The number of piperidine rings is 2. The molecule has 3 rings (SSSR count). The average molecular weight is 285 g/mol. The Balaban J connectivity index is 0.000000722. The molecule has 0 aromatic heterocycles. The summed E-state index contributed by atoms with van der Waals surface area (Å²) in [6, 6.07) is 0. The quantitative estimate of drug-likeness (QED) is 0.771. The molecule has 2 nitrogen and oxygen atoms in total. The van der Waals surface area contributed by atoms with Crippen molar-refractivity contribution in [2.24, 2.45) is 17.3 Å². The molecule has 17 heavy (non-hydrogen) atoms. The highest BCUT2D eigenvalue weighted by Crippen LogP contribution is 2.61. The zero-order chi connectivity index (χ0) is 10.3. The lowest BCUT2D eigenvalue weighted by Gasteiger charge is -2.31. The lowest BCUT2D eigenvalue weighted by atomic mass is 9.83. The first-order chi connectivity index (χ1) is 7.32. The van der Waals surface area contributed by atoms with Gasteiger partial charge in [0.1, 0.15) is 6.17 Å². The van der Waals surface area contributed by atoms with Crippen LogP contribution in [0, 0.1) is 17.3 Å². The van der Waals surface area contributed by atoms with Crippen LogP contribution in [0.3, 0.4) is 0 Å². The Labute approximate surface area is 115 Å². The second-order valence-electron chi connectivity index (χ2n) is 5.63. The second-order valence-corrected chi connectivity index (χ2v) is 5.63. The molecule has 4 atom stereocenters. The maximum absolute atomic E-state index is 13.8. The molecule has 2 aliphatic heterocycles. The standard InChI is InChI=1S/C12H21FN2.2ClH/c13-11-7-14-5-2-9(11)10-6-12(10)3-1-4-15-8-12;;/h9-11,14-15H,1-8H2;2*1H. The first-order valence-corrected chi connectivity index (χ1v) is 6.37. The molecule has 102 valence electrons. The van der Waals surface area contributed by atoms with E-state index in [0.717, 1.165) is 19.5 Å². The van der Waals surface area contributed by atoms with Crippen molar-refractivity contribution in [1.82, 2.24) is 10.6 Å². The van der Waals surface area contributed by atoms with Gasteiger partial charge in [-0.15, -0.1) is 24.8 Å². The van der Waals surface area contributed by atoms with E-state index >= 15 is 0 Å². The van der Waals surface area contributed by atoms with Crippen LogP contribution in [-0.2, 0) is 0 Å². The van der Waals surface area contributed by atoms with Gasteiger partial charge in [-0.25, -0.2) is 4.39 Å². The predicted molar refractivity (Wildman–Crippen MR) is 73.0 cm³/mol. The van der Waals surface area contributed by atoms with Crippen LogP contribution < -0.4 is 10.6 Å². The highest BCUT2D eigenvalue weighted by molar-refractivity contribution is 5.85. The van der Waals surface area contributed by atoms with Gasteiger partial charge in [-0.3, -0.25) is 0 Å². The average Bonchev–Trinajstić information content (AvgIpc) is 2.94. The fraction of sp³-hybridized carbons (Fsp3) is 1.00. The van der Waals surface area contributed by atoms with Crippen LogP contribution in [0.15, 0.2) is 0 Å². The summed E-state index contributed by atoms with van der Waals surface area (Å²) in [6.45, 7) is 3.92. The summed E-state index contributed by atoms with van der Waals surface area (Å²) >= 11 is 0. The number of hydrogen-bond acceptors (Lipinski definition) is 2. The summed E-state index contributed by atoms with van der Waals surface area (Å²) in [4.78, 5) is 0. The summed E-state index contributed by atoms with van der Waals surface area (Å²) in [6.07, 6.45) is 4.36. The molecule has 2 heterocycles. The van der Waals surface area contributed by atoms with E-state index < -0.39 is 6.17 Å². The van der Waals surface area contributed by atoms with Gasteiger partial charge in [0.05, 0.1) is 0 Å². The molecule has 0 radical (unpaired) electrons. The van der Waals surface area contributed by atoms with E-state index in [4.69, 9.17) is 0 Å². The van der Waals surface area contributed by atoms with Gasteiger partial charge in [-0.05, 0) is 56.0 Å². The monoisotopic (exact) mass is 284 g/mol. The van der Waals surface area contributed by atoms with E-state index in [1.807, 2.05) is 0 Å². The molecule has 2 N–H and O–H groups in total. The van der Waals surface area contributed by atoms with Gasteiger partial charge in [0.15, 0.2) is 0 Å². The first-order valence-electron chi connectivity index (χ1n) is 6.37. The van der Waals surface area contributed by atoms with E-state index in [2.05, 4.69) is 10.6 Å². The van der Waals surface area contributed by atoms with Crippen LogP contribution >= 0.6 is 24.8 Å². The smallest absolute Gasteiger partial charge is 0.116 e. The number of hydrogen-bond donors (Lipinski definition) is 2. The zero-order valence-corrected chi connectivity index (χ0v) is 11.7. The van der Waals surface area contributed by atoms with Gasteiger partial charge in [-0.2, -0.15) is 0 Å². The molecular formula is C12H23Cl2FN2. The van der Waals surface area contributed by atoms with Crippen LogP contribution in [0.1, 0.15) is 25.7 Å². The van der Waals surface area contributed by atoms with Crippen molar-refractivity contribution in [2.75, 3.05) is 26.2 Å². The normalized spacial score (nSPS) is 44.6. The van der Waals surface area contributed by atoms with Crippen molar-refractivity contribution < 1.29 is 4.39 Å². The molecule has 4 unspecified atom stereocenters. The third-order valence-corrected chi connectivity index (χ3v) is 4.73.